The second kappa shape index (κ2) is 7.27. The SMILES string of the molecule is CC(C)(C)[C@H]1CCc2c(C(=O)NNC(=O)[C@@H]3[C@@H](C(=O)O)[C@H]4C=C[C@@H]3C4)csc2C1. The van der Waals surface area contributed by atoms with Crippen molar-refractivity contribution < 1.29 is 19.5 Å². The van der Waals surface area contributed by atoms with Crippen molar-refractivity contribution in [2.45, 2.75) is 46.5 Å². The maximum Gasteiger partial charge on any atom is 0.307 e. The number of aliphatic carboxylic acids is 1. The number of carbonyl (C=O) groups is 3. The topological polar surface area (TPSA) is 95.5 Å². The third-order valence-electron chi connectivity index (χ3n) is 6.97. The van der Waals surface area contributed by atoms with Gasteiger partial charge in [-0.3, -0.25) is 25.2 Å². The molecule has 0 radical (unpaired) electrons. The monoisotopic (exact) mass is 416 g/mol. The van der Waals surface area contributed by atoms with Crippen LogP contribution in [0.2, 0.25) is 0 Å². The summed E-state index contributed by atoms with van der Waals surface area (Å²) in [7, 11) is 0. The second-order valence-electron chi connectivity index (χ2n) is 9.64. The molecule has 0 aromatic carbocycles. The third-order valence-corrected chi connectivity index (χ3v) is 8.02. The van der Waals surface area contributed by atoms with E-state index < -0.39 is 23.7 Å². The lowest BCUT2D eigenvalue weighted by molar-refractivity contribution is -0.148. The van der Waals surface area contributed by atoms with E-state index in [-0.39, 0.29) is 23.2 Å². The molecule has 5 atom stereocenters. The molecule has 4 rings (SSSR count). The standard InChI is InChI=1S/C22H28N2O4S/c1-22(2,3)13-6-7-14-15(10-29-16(14)9-13)19(25)23-24-20(26)17-11-4-5-12(8-11)18(17)21(27)28/h4-5,10-13,17-18H,6-9H2,1-3H3,(H,23,25)(H,24,26)(H,27,28)/t11-,12+,13+,17+,18+/m1/s1. The van der Waals surface area contributed by atoms with Crippen molar-refractivity contribution >= 4 is 29.1 Å². The second-order valence-corrected chi connectivity index (χ2v) is 10.6. The van der Waals surface area contributed by atoms with Crippen LogP contribution in [0.4, 0.5) is 0 Å². The van der Waals surface area contributed by atoms with Gasteiger partial charge >= 0.3 is 5.97 Å². The highest BCUT2D eigenvalue weighted by Gasteiger charge is 2.51. The van der Waals surface area contributed by atoms with E-state index in [0.717, 1.165) is 24.8 Å². The predicted molar refractivity (Wildman–Crippen MR) is 110 cm³/mol. The van der Waals surface area contributed by atoms with E-state index in [4.69, 9.17) is 0 Å². The number of amides is 2. The smallest absolute Gasteiger partial charge is 0.307 e. The van der Waals surface area contributed by atoms with Gasteiger partial charge in [-0.15, -0.1) is 11.3 Å². The molecule has 1 heterocycles. The van der Waals surface area contributed by atoms with Crippen LogP contribution in [-0.4, -0.2) is 22.9 Å². The summed E-state index contributed by atoms with van der Waals surface area (Å²) in [5, 5.41) is 11.4. The van der Waals surface area contributed by atoms with E-state index in [1.54, 1.807) is 11.3 Å². The van der Waals surface area contributed by atoms with Crippen molar-refractivity contribution in [3.63, 3.8) is 0 Å². The first-order valence-electron chi connectivity index (χ1n) is 10.3. The Morgan fingerprint density at radius 1 is 1.10 bits per heavy atom. The lowest BCUT2D eigenvalue weighted by Crippen LogP contribution is -2.48. The molecular weight excluding hydrogens is 388 g/mol. The summed E-state index contributed by atoms with van der Waals surface area (Å²) < 4.78 is 0. The molecule has 3 aliphatic carbocycles. The average Bonchev–Trinajstić information content (AvgIpc) is 3.37. The Kier molecular flexibility index (Phi) is 5.05. The van der Waals surface area contributed by atoms with Crippen molar-refractivity contribution in [2.24, 2.45) is 35.0 Å². The Bertz CT molecular complexity index is 882. The number of carboxylic acid groups (broad SMARTS) is 1. The van der Waals surface area contributed by atoms with E-state index >= 15 is 0 Å². The molecule has 2 amide bonds. The summed E-state index contributed by atoms with van der Waals surface area (Å²) in [5.74, 6) is -2.60. The molecule has 0 unspecified atom stereocenters. The van der Waals surface area contributed by atoms with Gasteiger partial charge < -0.3 is 5.11 Å². The molecule has 7 heteroatoms. The molecular formula is C22H28N2O4S. The minimum Gasteiger partial charge on any atom is -0.481 e. The fourth-order valence-corrected chi connectivity index (χ4v) is 6.39. The highest BCUT2D eigenvalue weighted by molar-refractivity contribution is 7.10. The number of carboxylic acids is 1. The zero-order valence-electron chi connectivity index (χ0n) is 17.0. The maximum absolute atomic E-state index is 12.7. The van der Waals surface area contributed by atoms with Crippen LogP contribution in [0.25, 0.3) is 0 Å². The fraction of sp³-hybridized carbons (Fsp3) is 0.591. The minimum atomic E-state index is -0.950. The van der Waals surface area contributed by atoms with Crippen molar-refractivity contribution in [1.29, 1.82) is 0 Å². The van der Waals surface area contributed by atoms with Crippen molar-refractivity contribution in [2.75, 3.05) is 0 Å². The fourth-order valence-electron chi connectivity index (χ4n) is 5.23. The van der Waals surface area contributed by atoms with Gasteiger partial charge in [-0.05, 0) is 54.4 Å². The number of rotatable bonds is 3. The van der Waals surface area contributed by atoms with Gasteiger partial charge in [0.25, 0.3) is 5.91 Å². The van der Waals surface area contributed by atoms with Gasteiger partial charge in [-0.2, -0.15) is 0 Å². The van der Waals surface area contributed by atoms with Crippen molar-refractivity contribution in [3.05, 3.63) is 33.5 Å². The number of allylic oxidation sites excluding steroid dienone is 2. The van der Waals surface area contributed by atoms with Crippen molar-refractivity contribution in [3.8, 4) is 0 Å². The van der Waals surface area contributed by atoms with Gasteiger partial charge in [0, 0.05) is 10.3 Å². The molecule has 1 aromatic heterocycles. The maximum atomic E-state index is 12.7. The van der Waals surface area contributed by atoms with E-state index in [2.05, 4.69) is 31.6 Å². The van der Waals surface area contributed by atoms with Gasteiger partial charge in [-0.1, -0.05) is 32.9 Å². The van der Waals surface area contributed by atoms with Crippen LogP contribution >= 0.6 is 11.3 Å². The molecule has 3 aliphatic rings. The van der Waals surface area contributed by atoms with E-state index in [0.29, 0.717) is 17.9 Å². The number of hydrogen-bond acceptors (Lipinski definition) is 4. The molecule has 0 saturated heterocycles. The molecule has 156 valence electrons. The van der Waals surface area contributed by atoms with Gasteiger partial charge in [0.2, 0.25) is 5.91 Å². The first kappa shape index (κ1) is 20.1. The zero-order valence-corrected chi connectivity index (χ0v) is 17.8. The molecule has 2 bridgehead atoms. The first-order valence-corrected chi connectivity index (χ1v) is 11.2. The summed E-state index contributed by atoms with van der Waals surface area (Å²) in [6.07, 6.45) is 7.43. The number of nitrogens with one attached hydrogen (secondary N) is 2. The molecule has 6 nitrogen and oxygen atoms in total. The van der Waals surface area contributed by atoms with Crippen LogP contribution < -0.4 is 10.9 Å². The van der Waals surface area contributed by atoms with Crippen LogP contribution in [0.15, 0.2) is 17.5 Å². The molecule has 0 aliphatic heterocycles. The van der Waals surface area contributed by atoms with Gasteiger partial charge in [-0.25, -0.2) is 0 Å². The van der Waals surface area contributed by atoms with E-state index in [9.17, 15) is 19.5 Å². The quantitative estimate of drug-likeness (QED) is 0.521. The summed E-state index contributed by atoms with van der Waals surface area (Å²) in [4.78, 5) is 38.2. The van der Waals surface area contributed by atoms with Crippen LogP contribution in [-0.2, 0) is 22.4 Å². The molecule has 0 spiro atoms. The highest BCUT2D eigenvalue weighted by Crippen LogP contribution is 2.48. The summed E-state index contributed by atoms with van der Waals surface area (Å²) in [6.45, 7) is 6.78. The lowest BCUT2D eigenvalue weighted by atomic mass is 9.72. The Hall–Kier alpha value is -2.15. The Morgan fingerprint density at radius 3 is 2.45 bits per heavy atom. The van der Waals surface area contributed by atoms with Crippen LogP contribution in [0.1, 0.15) is 54.4 Å². The summed E-state index contributed by atoms with van der Waals surface area (Å²) in [5.41, 5.74) is 6.97. The molecule has 1 aromatic rings. The highest BCUT2D eigenvalue weighted by atomic mass is 32.1. The number of hydrogen-bond donors (Lipinski definition) is 3. The third kappa shape index (κ3) is 3.61. The number of carbonyl (C=O) groups excluding carboxylic acids is 2. The first-order chi connectivity index (χ1) is 13.7. The number of fused-ring (bicyclic) bond motifs is 3. The number of thiophene rings is 1. The predicted octanol–water partition coefficient (Wildman–Crippen LogP) is 3.18. The number of hydrazine groups is 1. The molecule has 1 fully saturated rings. The Balaban J connectivity index is 1.40. The Labute approximate surface area is 174 Å². The van der Waals surface area contributed by atoms with Crippen LogP contribution in [0, 0.1) is 35.0 Å². The van der Waals surface area contributed by atoms with Crippen molar-refractivity contribution in [1.82, 2.24) is 10.9 Å². The summed E-state index contributed by atoms with van der Waals surface area (Å²) in [6, 6.07) is 0. The summed E-state index contributed by atoms with van der Waals surface area (Å²) >= 11 is 1.61. The van der Waals surface area contributed by atoms with Gasteiger partial charge in [0.05, 0.1) is 17.4 Å². The van der Waals surface area contributed by atoms with Gasteiger partial charge in [0.15, 0.2) is 0 Å². The van der Waals surface area contributed by atoms with E-state index in [1.165, 1.54) is 4.88 Å². The van der Waals surface area contributed by atoms with Gasteiger partial charge in [0.1, 0.15) is 0 Å². The molecule has 29 heavy (non-hydrogen) atoms. The normalized spacial score (nSPS) is 30.1. The average molecular weight is 417 g/mol. The molecule has 1 saturated carbocycles. The lowest BCUT2D eigenvalue weighted by Gasteiger charge is -2.34. The van der Waals surface area contributed by atoms with Crippen LogP contribution in [0.5, 0.6) is 0 Å². The minimum absolute atomic E-state index is 0.0683. The Morgan fingerprint density at radius 2 is 1.79 bits per heavy atom. The van der Waals surface area contributed by atoms with E-state index in [1.807, 2.05) is 17.5 Å². The molecule has 3 N–H and O–H groups in total. The van der Waals surface area contributed by atoms with Crippen LogP contribution in [0.3, 0.4) is 0 Å². The largest absolute Gasteiger partial charge is 0.481 e. The zero-order chi connectivity index (χ0) is 20.9.